The van der Waals surface area contributed by atoms with Gasteiger partial charge in [0.2, 0.25) is 0 Å². The maximum absolute atomic E-state index is 12.5. The molecule has 2 rings (SSSR count). The SMILES string of the molecule is C=CC(O)OCC(COc1ccccc1)OC(=O)C1CC=CCC1C(=O)O. The molecule has 1 aliphatic rings. The Morgan fingerprint density at radius 2 is 1.81 bits per heavy atom. The molecule has 0 heterocycles. The van der Waals surface area contributed by atoms with E-state index in [4.69, 9.17) is 14.2 Å². The zero-order chi connectivity index (χ0) is 19.6. The number of ether oxygens (including phenoxy) is 3. The zero-order valence-electron chi connectivity index (χ0n) is 14.9. The Morgan fingerprint density at radius 1 is 1.15 bits per heavy atom. The van der Waals surface area contributed by atoms with Crippen molar-refractivity contribution in [2.45, 2.75) is 25.2 Å². The summed E-state index contributed by atoms with van der Waals surface area (Å²) >= 11 is 0. The van der Waals surface area contributed by atoms with Crippen LogP contribution < -0.4 is 4.74 Å². The highest BCUT2D eigenvalue weighted by Gasteiger charge is 2.36. The molecule has 7 heteroatoms. The molecule has 0 bridgehead atoms. The van der Waals surface area contributed by atoms with E-state index in [1.165, 1.54) is 6.08 Å². The zero-order valence-corrected chi connectivity index (χ0v) is 14.9. The second-order valence-corrected chi connectivity index (χ2v) is 6.14. The Hall–Kier alpha value is -2.64. The fraction of sp³-hybridized carbons (Fsp3) is 0.400. The molecule has 1 aliphatic carbocycles. The van der Waals surface area contributed by atoms with Gasteiger partial charge in [0.1, 0.15) is 12.4 Å². The van der Waals surface area contributed by atoms with Crippen LogP contribution in [0.25, 0.3) is 0 Å². The summed E-state index contributed by atoms with van der Waals surface area (Å²) in [6.45, 7) is 3.29. The third-order valence-corrected chi connectivity index (χ3v) is 4.17. The molecule has 0 spiro atoms. The molecule has 0 saturated heterocycles. The largest absolute Gasteiger partial charge is 0.490 e. The van der Waals surface area contributed by atoms with Gasteiger partial charge in [0.05, 0.1) is 18.4 Å². The van der Waals surface area contributed by atoms with E-state index < -0.39 is 36.2 Å². The van der Waals surface area contributed by atoms with Gasteiger partial charge in [-0.15, -0.1) is 0 Å². The summed E-state index contributed by atoms with van der Waals surface area (Å²) in [5.74, 6) is -2.65. The first kappa shape index (κ1) is 20.7. The van der Waals surface area contributed by atoms with Crippen LogP contribution in [0.2, 0.25) is 0 Å². The molecule has 0 fully saturated rings. The van der Waals surface area contributed by atoms with Gasteiger partial charge < -0.3 is 24.4 Å². The average Bonchev–Trinajstić information content (AvgIpc) is 2.70. The molecule has 0 amide bonds. The number of esters is 1. The van der Waals surface area contributed by atoms with Crippen molar-refractivity contribution in [1.82, 2.24) is 0 Å². The van der Waals surface area contributed by atoms with Crippen molar-refractivity contribution in [3.63, 3.8) is 0 Å². The van der Waals surface area contributed by atoms with E-state index in [-0.39, 0.29) is 19.6 Å². The lowest BCUT2D eigenvalue weighted by Gasteiger charge is -2.26. The number of allylic oxidation sites excluding steroid dienone is 2. The van der Waals surface area contributed by atoms with Gasteiger partial charge in [-0.2, -0.15) is 0 Å². The number of carboxylic acids is 1. The molecule has 4 unspecified atom stereocenters. The number of rotatable bonds is 10. The second kappa shape index (κ2) is 10.5. The van der Waals surface area contributed by atoms with Crippen LogP contribution >= 0.6 is 0 Å². The standard InChI is InChI=1S/C20H24O7/c1-2-18(21)26-13-15(12-25-14-8-4-3-5-9-14)27-20(24)17-11-7-6-10-16(17)19(22)23/h2-9,15-18,21H,1,10-13H2,(H,22,23). The average molecular weight is 376 g/mol. The lowest BCUT2D eigenvalue weighted by Crippen LogP contribution is -2.38. The molecule has 0 saturated carbocycles. The molecule has 1 aromatic rings. The molecular weight excluding hydrogens is 352 g/mol. The summed E-state index contributed by atoms with van der Waals surface area (Å²) in [5, 5.41) is 18.8. The minimum Gasteiger partial charge on any atom is -0.490 e. The van der Waals surface area contributed by atoms with E-state index >= 15 is 0 Å². The van der Waals surface area contributed by atoms with Gasteiger partial charge in [-0.1, -0.05) is 36.9 Å². The summed E-state index contributed by atoms with van der Waals surface area (Å²) in [6, 6.07) is 8.96. The minimum atomic E-state index is -1.20. The van der Waals surface area contributed by atoms with Crippen LogP contribution in [-0.4, -0.2) is 47.8 Å². The third kappa shape index (κ3) is 6.54. The predicted molar refractivity (Wildman–Crippen MR) is 97.0 cm³/mol. The van der Waals surface area contributed by atoms with E-state index in [0.29, 0.717) is 12.2 Å². The van der Waals surface area contributed by atoms with Crippen LogP contribution in [0.1, 0.15) is 12.8 Å². The number of carbonyl (C=O) groups excluding carboxylic acids is 1. The number of carbonyl (C=O) groups is 2. The predicted octanol–water partition coefficient (Wildman–Crippen LogP) is 2.17. The Labute approximate surface area is 157 Å². The molecular formula is C20H24O7. The molecule has 7 nitrogen and oxygen atoms in total. The Bertz CT molecular complexity index is 656. The number of benzene rings is 1. The highest BCUT2D eigenvalue weighted by molar-refractivity contribution is 5.81. The van der Waals surface area contributed by atoms with E-state index in [9.17, 15) is 19.8 Å². The van der Waals surface area contributed by atoms with Crippen molar-refractivity contribution in [3.05, 3.63) is 55.1 Å². The monoisotopic (exact) mass is 376 g/mol. The van der Waals surface area contributed by atoms with Gasteiger partial charge in [-0.3, -0.25) is 9.59 Å². The van der Waals surface area contributed by atoms with E-state index in [1.807, 2.05) is 6.07 Å². The van der Waals surface area contributed by atoms with Crippen molar-refractivity contribution in [2.75, 3.05) is 13.2 Å². The molecule has 0 aliphatic heterocycles. The maximum Gasteiger partial charge on any atom is 0.310 e. The molecule has 146 valence electrons. The van der Waals surface area contributed by atoms with E-state index in [0.717, 1.165) is 0 Å². The summed E-state index contributed by atoms with van der Waals surface area (Å²) in [5.41, 5.74) is 0. The number of aliphatic hydroxyl groups excluding tert-OH is 1. The fourth-order valence-electron chi connectivity index (χ4n) is 2.70. The van der Waals surface area contributed by atoms with Crippen LogP contribution in [0.5, 0.6) is 5.75 Å². The maximum atomic E-state index is 12.5. The number of aliphatic carboxylic acids is 1. The number of para-hydroxylation sites is 1. The molecule has 27 heavy (non-hydrogen) atoms. The minimum absolute atomic E-state index is 0.0000857. The van der Waals surface area contributed by atoms with Crippen molar-refractivity contribution < 1.29 is 34.0 Å². The quantitative estimate of drug-likeness (QED) is 0.366. The summed E-state index contributed by atoms with van der Waals surface area (Å²) in [4.78, 5) is 23.9. The van der Waals surface area contributed by atoms with Crippen molar-refractivity contribution in [3.8, 4) is 5.75 Å². The first-order chi connectivity index (χ1) is 13.0. The van der Waals surface area contributed by atoms with Gasteiger partial charge in [-0.25, -0.2) is 0 Å². The number of hydrogen-bond acceptors (Lipinski definition) is 6. The number of carboxylic acid groups (broad SMARTS) is 1. The third-order valence-electron chi connectivity index (χ3n) is 4.17. The highest BCUT2D eigenvalue weighted by Crippen LogP contribution is 2.27. The van der Waals surface area contributed by atoms with E-state index in [1.54, 1.807) is 36.4 Å². The van der Waals surface area contributed by atoms with Gasteiger partial charge >= 0.3 is 11.9 Å². The Kier molecular flexibility index (Phi) is 8.03. The van der Waals surface area contributed by atoms with Gasteiger partial charge in [0.15, 0.2) is 12.4 Å². The lowest BCUT2D eigenvalue weighted by atomic mass is 9.83. The van der Waals surface area contributed by atoms with Crippen molar-refractivity contribution in [2.24, 2.45) is 11.8 Å². The fourth-order valence-corrected chi connectivity index (χ4v) is 2.70. The normalized spacial score (nSPS) is 21.1. The first-order valence-electron chi connectivity index (χ1n) is 8.69. The lowest BCUT2D eigenvalue weighted by molar-refractivity contribution is -0.170. The molecule has 1 aromatic carbocycles. The smallest absolute Gasteiger partial charge is 0.310 e. The highest BCUT2D eigenvalue weighted by atomic mass is 16.6. The van der Waals surface area contributed by atoms with Crippen LogP contribution in [0.4, 0.5) is 0 Å². The van der Waals surface area contributed by atoms with Gasteiger partial charge in [0, 0.05) is 0 Å². The number of hydrogen-bond donors (Lipinski definition) is 2. The van der Waals surface area contributed by atoms with Gasteiger partial charge in [0.25, 0.3) is 0 Å². The van der Waals surface area contributed by atoms with Crippen molar-refractivity contribution >= 4 is 11.9 Å². The Morgan fingerprint density at radius 3 is 2.44 bits per heavy atom. The molecule has 4 atom stereocenters. The van der Waals surface area contributed by atoms with Crippen LogP contribution in [0, 0.1) is 11.8 Å². The molecule has 0 aromatic heterocycles. The molecule has 2 N–H and O–H groups in total. The summed E-state index contributed by atoms with van der Waals surface area (Å²) in [6.07, 6.45) is 3.30. The first-order valence-corrected chi connectivity index (χ1v) is 8.69. The number of aliphatic hydroxyl groups is 1. The van der Waals surface area contributed by atoms with Crippen LogP contribution in [-0.2, 0) is 19.1 Å². The Balaban J connectivity index is 2.00. The van der Waals surface area contributed by atoms with Crippen LogP contribution in [0.3, 0.4) is 0 Å². The topological polar surface area (TPSA) is 102 Å². The van der Waals surface area contributed by atoms with Gasteiger partial charge in [-0.05, 0) is 31.1 Å². The summed E-state index contributed by atoms with van der Waals surface area (Å²) < 4.78 is 16.2. The summed E-state index contributed by atoms with van der Waals surface area (Å²) in [7, 11) is 0. The van der Waals surface area contributed by atoms with Crippen LogP contribution in [0.15, 0.2) is 55.1 Å². The van der Waals surface area contributed by atoms with Crippen molar-refractivity contribution in [1.29, 1.82) is 0 Å². The molecule has 0 radical (unpaired) electrons. The second-order valence-electron chi connectivity index (χ2n) is 6.14. The van der Waals surface area contributed by atoms with E-state index in [2.05, 4.69) is 6.58 Å².